The molecular formula is C8H7F2NO2S. The molecule has 0 fully saturated rings. The van der Waals surface area contributed by atoms with Crippen molar-refractivity contribution in [3.8, 4) is 0 Å². The molecule has 2 N–H and O–H groups in total. The third-order valence-corrected chi connectivity index (χ3v) is 1.94. The number of hydrogen-bond donors (Lipinski definition) is 2. The van der Waals surface area contributed by atoms with E-state index in [4.69, 9.17) is 5.11 Å². The normalized spacial score (nSPS) is 9.93. The molecule has 0 atom stereocenters. The first-order valence-electron chi connectivity index (χ1n) is 3.58. The van der Waals surface area contributed by atoms with Gasteiger partial charge in [0.1, 0.15) is 11.4 Å². The molecule has 0 radical (unpaired) electrons. The van der Waals surface area contributed by atoms with Crippen molar-refractivity contribution in [3.63, 3.8) is 0 Å². The highest BCUT2D eigenvalue weighted by molar-refractivity contribution is 7.99. The van der Waals surface area contributed by atoms with Crippen LogP contribution in [0.15, 0.2) is 12.1 Å². The fraction of sp³-hybridized carbons (Fsp3) is 0.125. The van der Waals surface area contributed by atoms with E-state index in [1.54, 1.807) is 6.26 Å². The average Bonchev–Trinajstić information content (AvgIpc) is 2.10. The molecular weight excluding hydrogens is 212 g/mol. The van der Waals surface area contributed by atoms with E-state index >= 15 is 0 Å². The van der Waals surface area contributed by atoms with Crippen LogP contribution in [0.1, 0.15) is 10.4 Å². The zero-order chi connectivity index (χ0) is 10.7. The van der Waals surface area contributed by atoms with Crippen LogP contribution in [0.3, 0.4) is 0 Å². The lowest BCUT2D eigenvalue weighted by molar-refractivity contribution is 0.0686. The Kier molecular flexibility index (Phi) is 3.29. The maximum absolute atomic E-state index is 13.3. The van der Waals surface area contributed by atoms with Gasteiger partial charge in [-0.15, -0.1) is 0 Å². The minimum atomic E-state index is -1.62. The lowest BCUT2D eigenvalue weighted by atomic mass is 10.2. The maximum Gasteiger partial charge on any atom is 0.341 e. The first-order chi connectivity index (χ1) is 6.57. The van der Waals surface area contributed by atoms with Crippen LogP contribution in [0, 0.1) is 11.6 Å². The van der Waals surface area contributed by atoms with Crippen LogP contribution in [0.4, 0.5) is 14.5 Å². The van der Waals surface area contributed by atoms with Crippen molar-refractivity contribution in [3.05, 3.63) is 29.3 Å². The molecule has 0 bridgehead atoms. The molecule has 76 valence electrons. The molecule has 0 spiro atoms. The van der Waals surface area contributed by atoms with Crippen LogP contribution in [0.2, 0.25) is 0 Å². The average molecular weight is 219 g/mol. The Bertz CT molecular complexity index is 371. The molecule has 0 heterocycles. The lowest BCUT2D eigenvalue weighted by Gasteiger charge is -2.06. The summed E-state index contributed by atoms with van der Waals surface area (Å²) in [5, 5.41) is 8.52. The van der Waals surface area contributed by atoms with Crippen molar-refractivity contribution >= 4 is 23.6 Å². The summed E-state index contributed by atoms with van der Waals surface area (Å²) in [5.41, 5.74) is -0.986. The second kappa shape index (κ2) is 4.28. The number of nitrogens with one attached hydrogen (secondary N) is 1. The van der Waals surface area contributed by atoms with Crippen molar-refractivity contribution in [1.82, 2.24) is 0 Å². The minimum absolute atomic E-state index is 0.0451. The Balaban J connectivity index is 3.26. The predicted octanol–water partition coefficient (Wildman–Crippen LogP) is 2.35. The molecule has 1 aromatic carbocycles. The standard InChI is InChI=1S/C8H7F2NO2S/c1-14-11-5-3-2-4(9)6(7(5)10)8(12)13/h2-3,11H,1H3,(H,12,13). The van der Waals surface area contributed by atoms with Crippen LogP contribution in [0.5, 0.6) is 0 Å². The van der Waals surface area contributed by atoms with E-state index in [-0.39, 0.29) is 5.69 Å². The number of carbonyl (C=O) groups is 1. The van der Waals surface area contributed by atoms with Crippen molar-refractivity contribution in [2.45, 2.75) is 0 Å². The maximum atomic E-state index is 13.3. The van der Waals surface area contributed by atoms with Gasteiger partial charge in [-0.2, -0.15) is 0 Å². The van der Waals surface area contributed by atoms with Crippen molar-refractivity contribution < 1.29 is 18.7 Å². The SMILES string of the molecule is CSNc1ccc(F)c(C(=O)O)c1F. The third-order valence-electron chi connectivity index (χ3n) is 1.52. The summed E-state index contributed by atoms with van der Waals surface area (Å²) < 4.78 is 28.7. The van der Waals surface area contributed by atoms with E-state index in [0.717, 1.165) is 24.1 Å². The number of rotatable bonds is 3. The van der Waals surface area contributed by atoms with E-state index in [0.29, 0.717) is 0 Å². The van der Waals surface area contributed by atoms with Crippen molar-refractivity contribution in [2.75, 3.05) is 11.0 Å². The van der Waals surface area contributed by atoms with E-state index < -0.39 is 23.2 Å². The molecule has 0 aromatic heterocycles. The monoisotopic (exact) mass is 219 g/mol. The number of benzene rings is 1. The summed E-state index contributed by atoms with van der Waals surface area (Å²) in [6.07, 6.45) is 1.64. The quantitative estimate of drug-likeness (QED) is 0.766. The minimum Gasteiger partial charge on any atom is -0.477 e. The summed E-state index contributed by atoms with van der Waals surface area (Å²) in [5.74, 6) is -3.79. The highest BCUT2D eigenvalue weighted by atomic mass is 32.2. The van der Waals surface area contributed by atoms with Gasteiger partial charge in [-0.1, -0.05) is 11.9 Å². The fourth-order valence-electron chi connectivity index (χ4n) is 0.937. The molecule has 0 unspecified atom stereocenters. The predicted molar refractivity (Wildman–Crippen MR) is 50.5 cm³/mol. The zero-order valence-electron chi connectivity index (χ0n) is 7.17. The van der Waals surface area contributed by atoms with Crippen LogP contribution < -0.4 is 4.72 Å². The van der Waals surface area contributed by atoms with Gasteiger partial charge >= 0.3 is 5.97 Å². The molecule has 0 saturated carbocycles. The van der Waals surface area contributed by atoms with Gasteiger partial charge in [-0.3, -0.25) is 0 Å². The molecule has 0 aliphatic carbocycles. The highest BCUT2D eigenvalue weighted by Crippen LogP contribution is 2.22. The molecule has 14 heavy (non-hydrogen) atoms. The Hall–Kier alpha value is -1.30. The fourth-order valence-corrected chi connectivity index (χ4v) is 1.31. The van der Waals surface area contributed by atoms with Crippen LogP contribution in [-0.4, -0.2) is 17.3 Å². The summed E-state index contributed by atoms with van der Waals surface area (Å²) in [4.78, 5) is 10.5. The van der Waals surface area contributed by atoms with Gasteiger partial charge in [0, 0.05) is 6.26 Å². The molecule has 3 nitrogen and oxygen atoms in total. The largest absolute Gasteiger partial charge is 0.477 e. The van der Waals surface area contributed by atoms with E-state index in [9.17, 15) is 13.6 Å². The van der Waals surface area contributed by atoms with Gasteiger partial charge in [0.15, 0.2) is 5.82 Å². The third kappa shape index (κ3) is 1.95. The summed E-state index contributed by atoms with van der Waals surface area (Å²) in [6, 6.07) is 2.05. The lowest BCUT2D eigenvalue weighted by Crippen LogP contribution is -2.06. The van der Waals surface area contributed by atoms with Crippen LogP contribution in [-0.2, 0) is 0 Å². The van der Waals surface area contributed by atoms with Crippen LogP contribution >= 0.6 is 11.9 Å². The van der Waals surface area contributed by atoms with Gasteiger partial charge in [-0.05, 0) is 12.1 Å². The molecule has 0 aliphatic heterocycles. The van der Waals surface area contributed by atoms with Gasteiger partial charge in [0.25, 0.3) is 0 Å². The topological polar surface area (TPSA) is 49.3 Å². The number of hydrogen-bond acceptors (Lipinski definition) is 3. The van der Waals surface area contributed by atoms with Crippen molar-refractivity contribution in [2.24, 2.45) is 0 Å². The Labute approximate surface area is 83.3 Å². The Morgan fingerprint density at radius 3 is 2.64 bits per heavy atom. The number of halogens is 2. The molecule has 0 aliphatic rings. The summed E-state index contributed by atoms with van der Waals surface area (Å²) in [7, 11) is 0. The van der Waals surface area contributed by atoms with Crippen LogP contribution in [0.25, 0.3) is 0 Å². The smallest absolute Gasteiger partial charge is 0.341 e. The first-order valence-corrected chi connectivity index (χ1v) is 4.80. The van der Waals surface area contributed by atoms with Gasteiger partial charge < -0.3 is 9.83 Å². The van der Waals surface area contributed by atoms with Gasteiger partial charge in [-0.25, -0.2) is 13.6 Å². The number of carboxylic acids is 1. The van der Waals surface area contributed by atoms with Gasteiger partial charge in [0.05, 0.1) is 5.69 Å². The highest BCUT2D eigenvalue weighted by Gasteiger charge is 2.19. The summed E-state index contributed by atoms with van der Waals surface area (Å²) in [6.45, 7) is 0. The van der Waals surface area contributed by atoms with E-state index in [1.807, 2.05) is 0 Å². The number of aromatic carboxylic acids is 1. The van der Waals surface area contributed by atoms with E-state index in [1.165, 1.54) is 0 Å². The molecule has 1 rings (SSSR count). The van der Waals surface area contributed by atoms with E-state index in [2.05, 4.69) is 4.72 Å². The summed E-state index contributed by atoms with van der Waals surface area (Å²) >= 11 is 1.09. The number of carboxylic acid groups (broad SMARTS) is 1. The molecule has 0 amide bonds. The van der Waals surface area contributed by atoms with Gasteiger partial charge in [0.2, 0.25) is 0 Å². The molecule has 1 aromatic rings. The second-order valence-electron chi connectivity index (χ2n) is 2.40. The second-order valence-corrected chi connectivity index (χ2v) is 3.01. The molecule has 6 heteroatoms. The Morgan fingerprint density at radius 2 is 2.14 bits per heavy atom. The molecule has 0 saturated heterocycles. The number of anilines is 1. The zero-order valence-corrected chi connectivity index (χ0v) is 7.99. The Morgan fingerprint density at radius 1 is 1.50 bits per heavy atom. The first kappa shape index (κ1) is 10.8. The van der Waals surface area contributed by atoms with Crippen molar-refractivity contribution in [1.29, 1.82) is 0 Å².